The molecule has 82 valence electrons. The first-order valence-corrected chi connectivity index (χ1v) is 5.06. The van der Waals surface area contributed by atoms with Crippen LogP contribution in [0.15, 0.2) is 0 Å². The van der Waals surface area contributed by atoms with Crippen LogP contribution in [0.5, 0.6) is 0 Å². The number of carbonyl (C=O) groups is 2. The SMILES string of the molecule is O=C(O)CCCCCCCCC(=O)O.[K+]. The second-order valence-electron chi connectivity index (χ2n) is 3.41. The summed E-state index contributed by atoms with van der Waals surface area (Å²) in [4.78, 5) is 20.3. The van der Waals surface area contributed by atoms with Crippen LogP contribution >= 0.6 is 0 Å². The normalized spacial score (nSPS) is 9.33. The summed E-state index contributed by atoms with van der Waals surface area (Å²) in [6.07, 6.45) is 5.82. The first-order chi connectivity index (χ1) is 6.63. The zero-order valence-corrected chi connectivity index (χ0v) is 12.5. The van der Waals surface area contributed by atoms with Crippen molar-refractivity contribution in [3.05, 3.63) is 0 Å². The van der Waals surface area contributed by atoms with Gasteiger partial charge in [-0.15, -0.1) is 0 Å². The molecule has 0 saturated heterocycles. The summed E-state index contributed by atoms with van der Waals surface area (Å²) in [6, 6.07) is 0. The minimum absolute atomic E-state index is 0. The van der Waals surface area contributed by atoms with Crippen LogP contribution in [0, 0.1) is 0 Å². The maximum atomic E-state index is 10.1. The van der Waals surface area contributed by atoms with E-state index >= 15 is 0 Å². The van der Waals surface area contributed by atoms with E-state index in [1.165, 1.54) is 0 Å². The fraction of sp³-hybridized carbons (Fsp3) is 0.800. The number of hydrogen-bond donors (Lipinski definition) is 2. The molecule has 0 aliphatic heterocycles. The molecule has 0 aliphatic rings. The van der Waals surface area contributed by atoms with E-state index in [1.807, 2.05) is 0 Å². The Bertz CT molecular complexity index is 162. The third kappa shape index (κ3) is 17.2. The summed E-state index contributed by atoms with van der Waals surface area (Å²) < 4.78 is 0. The van der Waals surface area contributed by atoms with Gasteiger partial charge in [-0.2, -0.15) is 0 Å². The Labute approximate surface area is 133 Å². The number of rotatable bonds is 9. The summed E-state index contributed by atoms with van der Waals surface area (Å²) in [5.41, 5.74) is 0. The minimum atomic E-state index is -0.740. The maximum Gasteiger partial charge on any atom is 1.00 e. The average Bonchev–Trinajstić information content (AvgIpc) is 2.08. The number of unbranched alkanes of at least 4 members (excludes halogenated alkanes) is 5. The van der Waals surface area contributed by atoms with Crippen LogP contribution in [0.25, 0.3) is 0 Å². The van der Waals surface area contributed by atoms with Gasteiger partial charge >= 0.3 is 63.3 Å². The summed E-state index contributed by atoms with van der Waals surface area (Å²) in [5, 5.41) is 16.7. The van der Waals surface area contributed by atoms with E-state index in [1.54, 1.807) is 0 Å². The van der Waals surface area contributed by atoms with Crippen molar-refractivity contribution in [2.45, 2.75) is 51.4 Å². The van der Waals surface area contributed by atoms with Crippen LogP contribution in [0.1, 0.15) is 51.4 Å². The molecule has 0 aromatic rings. The standard InChI is InChI=1S/C10H18O4.K/c11-9(12)7-5-3-1-2-4-6-8-10(13)14;/h1-8H2,(H,11,12)(H,13,14);/q;+1. The zero-order chi connectivity index (χ0) is 10.8. The third-order valence-electron chi connectivity index (χ3n) is 2.03. The third-order valence-corrected chi connectivity index (χ3v) is 2.03. The molecule has 0 fully saturated rings. The molecule has 4 nitrogen and oxygen atoms in total. The molecule has 0 amide bonds. The number of aliphatic carboxylic acids is 2. The molecule has 0 spiro atoms. The van der Waals surface area contributed by atoms with Gasteiger partial charge in [0.05, 0.1) is 0 Å². The van der Waals surface area contributed by atoms with Gasteiger partial charge in [-0.25, -0.2) is 0 Å². The van der Waals surface area contributed by atoms with Crippen LogP contribution in [0.3, 0.4) is 0 Å². The van der Waals surface area contributed by atoms with Crippen molar-refractivity contribution in [3.63, 3.8) is 0 Å². The molecule has 0 unspecified atom stereocenters. The number of hydrogen-bond acceptors (Lipinski definition) is 2. The summed E-state index contributed by atoms with van der Waals surface area (Å²) >= 11 is 0. The van der Waals surface area contributed by atoms with E-state index in [2.05, 4.69) is 0 Å². The molecule has 5 heteroatoms. The number of carboxylic acids is 2. The van der Waals surface area contributed by atoms with Crippen molar-refractivity contribution in [2.75, 3.05) is 0 Å². The van der Waals surface area contributed by atoms with E-state index in [9.17, 15) is 9.59 Å². The van der Waals surface area contributed by atoms with Gasteiger partial charge in [0.2, 0.25) is 0 Å². The van der Waals surface area contributed by atoms with Gasteiger partial charge in [-0.1, -0.05) is 25.7 Å². The average molecular weight is 241 g/mol. The van der Waals surface area contributed by atoms with E-state index in [0.29, 0.717) is 0 Å². The van der Waals surface area contributed by atoms with Crippen LogP contribution in [-0.2, 0) is 9.59 Å². The topological polar surface area (TPSA) is 74.6 Å². The van der Waals surface area contributed by atoms with Gasteiger partial charge in [0.1, 0.15) is 0 Å². The predicted molar refractivity (Wildman–Crippen MR) is 52.2 cm³/mol. The minimum Gasteiger partial charge on any atom is -0.481 e. The summed E-state index contributed by atoms with van der Waals surface area (Å²) in [7, 11) is 0. The van der Waals surface area contributed by atoms with Crippen molar-refractivity contribution in [3.8, 4) is 0 Å². The quantitative estimate of drug-likeness (QED) is 0.413. The van der Waals surface area contributed by atoms with Crippen LogP contribution < -0.4 is 51.4 Å². The van der Waals surface area contributed by atoms with Crippen LogP contribution in [-0.4, -0.2) is 22.2 Å². The molecule has 0 saturated carbocycles. The second kappa shape index (κ2) is 12.6. The first-order valence-electron chi connectivity index (χ1n) is 5.06. The molecule has 0 rings (SSSR count). The summed E-state index contributed by atoms with van der Waals surface area (Å²) in [6.45, 7) is 0. The maximum absolute atomic E-state index is 10.1. The van der Waals surface area contributed by atoms with E-state index in [-0.39, 0.29) is 64.2 Å². The fourth-order valence-electron chi connectivity index (χ4n) is 1.26. The van der Waals surface area contributed by atoms with Crippen molar-refractivity contribution < 1.29 is 71.2 Å². The van der Waals surface area contributed by atoms with Crippen molar-refractivity contribution in [1.82, 2.24) is 0 Å². The Morgan fingerprint density at radius 2 is 0.933 bits per heavy atom. The molecule has 0 aromatic heterocycles. The van der Waals surface area contributed by atoms with E-state index in [0.717, 1.165) is 38.5 Å². The Balaban J connectivity index is 0. The fourth-order valence-corrected chi connectivity index (χ4v) is 1.26. The Morgan fingerprint density at radius 3 is 1.20 bits per heavy atom. The molecular formula is C10H18KO4+. The van der Waals surface area contributed by atoms with Gasteiger partial charge in [-0.05, 0) is 12.8 Å². The van der Waals surface area contributed by atoms with Crippen LogP contribution in [0.4, 0.5) is 0 Å². The predicted octanol–water partition coefficient (Wildman–Crippen LogP) is -0.720. The summed E-state index contributed by atoms with van der Waals surface area (Å²) in [5.74, 6) is -1.48. The largest absolute Gasteiger partial charge is 1.00 e. The molecule has 2 N–H and O–H groups in total. The molecular weight excluding hydrogens is 223 g/mol. The molecule has 0 radical (unpaired) electrons. The Morgan fingerprint density at radius 1 is 0.667 bits per heavy atom. The van der Waals surface area contributed by atoms with Gasteiger partial charge in [0.15, 0.2) is 0 Å². The molecule has 0 aliphatic carbocycles. The smallest absolute Gasteiger partial charge is 0.481 e. The van der Waals surface area contributed by atoms with Crippen molar-refractivity contribution in [1.29, 1.82) is 0 Å². The van der Waals surface area contributed by atoms with Gasteiger partial charge in [-0.3, -0.25) is 9.59 Å². The van der Waals surface area contributed by atoms with Crippen molar-refractivity contribution in [2.24, 2.45) is 0 Å². The van der Waals surface area contributed by atoms with E-state index in [4.69, 9.17) is 10.2 Å². The van der Waals surface area contributed by atoms with Crippen molar-refractivity contribution >= 4 is 11.9 Å². The van der Waals surface area contributed by atoms with Gasteiger partial charge in [0.25, 0.3) is 0 Å². The second-order valence-corrected chi connectivity index (χ2v) is 3.41. The van der Waals surface area contributed by atoms with Gasteiger partial charge in [0, 0.05) is 12.8 Å². The Kier molecular flexibility index (Phi) is 15.1. The first kappa shape index (κ1) is 18.0. The monoisotopic (exact) mass is 241 g/mol. The zero-order valence-electron chi connectivity index (χ0n) is 9.37. The molecule has 15 heavy (non-hydrogen) atoms. The van der Waals surface area contributed by atoms with Crippen LogP contribution in [0.2, 0.25) is 0 Å². The Hall–Kier alpha value is 0.576. The molecule has 0 heterocycles. The molecule has 0 atom stereocenters. The molecule has 0 aromatic carbocycles. The van der Waals surface area contributed by atoms with Gasteiger partial charge < -0.3 is 10.2 Å². The number of carboxylic acid groups (broad SMARTS) is 2. The van der Waals surface area contributed by atoms with E-state index < -0.39 is 11.9 Å². The molecule has 0 bridgehead atoms.